The highest BCUT2D eigenvalue weighted by Gasteiger charge is 2.28. The number of hydrogen-bond acceptors (Lipinski definition) is 3. The van der Waals surface area contributed by atoms with Gasteiger partial charge in [0.05, 0.1) is 6.04 Å². The van der Waals surface area contributed by atoms with Crippen LogP contribution in [0.25, 0.3) is 0 Å². The van der Waals surface area contributed by atoms with Crippen LogP contribution in [-0.4, -0.2) is 35.8 Å². The molecule has 17 heavy (non-hydrogen) atoms. The molecule has 0 aromatic rings. The van der Waals surface area contributed by atoms with E-state index in [0.717, 1.165) is 0 Å². The second-order valence-corrected chi connectivity index (χ2v) is 3.31. The summed E-state index contributed by atoms with van der Waals surface area (Å²) >= 11 is 0. The van der Waals surface area contributed by atoms with E-state index >= 15 is 0 Å². The van der Waals surface area contributed by atoms with E-state index in [9.17, 15) is 18.0 Å². The van der Waals surface area contributed by atoms with Gasteiger partial charge in [0.1, 0.15) is 6.54 Å². The molecular formula is C8H15F3N4O2. The third kappa shape index (κ3) is 7.25. The lowest BCUT2D eigenvalue weighted by atomic mass is 10.1. The smallest absolute Gasteiger partial charge is 0.405 e. The Morgan fingerprint density at radius 2 is 2.12 bits per heavy atom. The van der Waals surface area contributed by atoms with E-state index < -0.39 is 24.8 Å². The van der Waals surface area contributed by atoms with Crippen molar-refractivity contribution in [2.24, 2.45) is 10.9 Å². The zero-order chi connectivity index (χ0) is 13.5. The zero-order valence-corrected chi connectivity index (χ0v) is 9.21. The van der Waals surface area contributed by atoms with E-state index in [0.29, 0.717) is 12.8 Å². The van der Waals surface area contributed by atoms with Crippen LogP contribution in [0.1, 0.15) is 19.8 Å². The number of amidine groups is 1. The molecule has 5 N–H and O–H groups in total. The fourth-order valence-corrected chi connectivity index (χ4v) is 1.04. The molecule has 0 aromatic heterocycles. The molecule has 0 aliphatic carbocycles. The molecule has 0 heterocycles. The minimum Gasteiger partial charge on any atom is -0.409 e. The molecular weight excluding hydrogens is 241 g/mol. The van der Waals surface area contributed by atoms with Gasteiger partial charge in [0.2, 0.25) is 0 Å². The molecule has 2 amide bonds. The average molecular weight is 256 g/mol. The van der Waals surface area contributed by atoms with Gasteiger partial charge in [0.15, 0.2) is 5.84 Å². The molecule has 1 unspecified atom stereocenters. The first-order chi connectivity index (χ1) is 7.80. The third-order valence-corrected chi connectivity index (χ3v) is 1.80. The van der Waals surface area contributed by atoms with Gasteiger partial charge in [-0.25, -0.2) is 4.79 Å². The second-order valence-electron chi connectivity index (χ2n) is 3.31. The standard InChI is InChI=1S/C8H15F3N4O2/c1-2-3-5(6(12)15-17)14-7(16)13-4-8(9,10)11/h5,17H,2-4H2,1H3,(H2,12,15)(H2,13,14,16). The van der Waals surface area contributed by atoms with Crippen LogP contribution in [0.3, 0.4) is 0 Å². The first kappa shape index (κ1) is 15.3. The Hall–Kier alpha value is -1.67. The largest absolute Gasteiger partial charge is 0.409 e. The molecule has 0 aromatic carbocycles. The zero-order valence-electron chi connectivity index (χ0n) is 9.21. The second kappa shape index (κ2) is 6.81. The Labute approximate surface area is 96.0 Å². The number of hydrogen-bond donors (Lipinski definition) is 4. The number of rotatable bonds is 5. The molecule has 0 aliphatic heterocycles. The van der Waals surface area contributed by atoms with E-state index in [4.69, 9.17) is 10.9 Å². The molecule has 6 nitrogen and oxygen atoms in total. The molecule has 0 radical (unpaired) electrons. The number of halogens is 3. The molecule has 9 heteroatoms. The Morgan fingerprint density at radius 1 is 1.53 bits per heavy atom. The number of alkyl halides is 3. The highest BCUT2D eigenvalue weighted by atomic mass is 19.4. The highest BCUT2D eigenvalue weighted by molar-refractivity contribution is 5.89. The summed E-state index contributed by atoms with van der Waals surface area (Å²) in [5.41, 5.74) is 5.27. The summed E-state index contributed by atoms with van der Waals surface area (Å²) in [4.78, 5) is 11.1. The highest BCUT2D eigenvalue weighted by Crippen LogP contribution is 2.11. The SMILES string of the molecule is CCCC(NC(=O)NCC(F)(F)F)C(N)=NO. The van der Waals surface area contributed by atoms with Crippen LogP contribution < -0.4 is 16.4 Å². The van der Waals surface area contributed by atoms with Gasteiger partial charge in [-0.15, -0.1) is 0 Å². The summed E-state index contributed by atoms with van der Waals surface area (Å²) < 4.78 is 35.4. The quantitative estimate of drug-likeness (QED) is 0.253. The molecule has 0 saturated carbocycles. The summed E-state index contributed by atoms with van der Waals surface area (Å²) in [6, 6.07) is -1.81. The predicted octanol–water partition coefficient (Wildman–Crippen LogP) is 0.763. The van der Waals surface area contributed by atoms with Crippen LogP contribution in [0.2, 0.25) is 0 Å². The molecule has 0 saturated heterocycles. The number of carbonyl (C=O) groups is 1. The van der Waals surface area contributed by atoms with Crippen molar-refractivity contribution >= 4 is 11.9 Å². The Morgan fingerprint density at radius 3 is 2.53 bits per heavy atom. The van der Waals surface area contributed by atoms with Crippen molar-refractivity contribution in [2.45, 2.75) is 32.0 Å². The molecule has 0 spiro atoms. The predicted molar refractivity (Wildman–Crippen MR) is 54.7 cm³/mol. The van der Waals surface area contributed by atoms with Gasteiger partial charge in [-0.2, -0.15) is 13.2 Å². The number of amides is 2. The number of carbonyl (C=O) groups excluding carboxylic acids is 1. The number of oxime groups is 1. The Kier molecular flexibility index (Phi) is 6.15. The van der Waals surface area contributed by atoms with Crippen LogP contribution in [0, 0.1) is 0 Å². The van der Waals surface area contributed by atoms with Crippen LogP contribution >= 0.6 is 0 Å². The first-order valence-electron chi connectivity index (χ1n) is 4.88. The van der Waals surface area contributed by atoms with Crippen molar-refractivity contribution in [3.8, 4) is 0 Å². The van der Waals surface area contributed by atoms with Crippen molar-refractivity contribution in [1.29, 1.82) is 0 Å². The maximum atomic E-state index is 11.8. The van der Waals surface area contributed by atoms with E-state index in [1.807, 2.05) is 0 Å². The molecule has 0 aliphatic rings. The minimum absolute atomic E-state index is 0.256. The summed E-state index contributed by atoms with van der Waals surface area (Å²) in [6.07, 6.45) is -3.51. The van der Waals surface area contributed by atoms with E-state index in [-0.39, 0.29) is 5.84 Å². The van der Waals surface area contributed by atoms with Crippen molar-refractivity contribution in [3.63, 3.8) is 0 Å². The fourth-order valence-electron chi connectivity index (χ4n) is 1.04. The normalized spacial score (nSPS) is 14.2. The van der Waals surface area contributed by atoms with Crippen molar-refractivity contribution in [2.75, 3.05) is 6.54 Å². The fraction of sp³-hybridized carbons (Fsp3) is 0.750. The van der Waals surface area contributed by atoms with Gasteiger partial charge >= 0.3 is 12.2 Å². The lowest BCUT2D eigenvalue weighted by Crippen LogP contribution is -2.50. The lowest BCUT2D eigenvalue weighted by Gasteiger charge is -2.17. The molecule has 0 rings (SSSR count). The monoisotopic (exact) mass is 256 g/mol. The summed E-state index contributed by atoms with van der Waals surface area (Å²) in [6.45, 7) is 0.348. The average Bonchev–Trinajstić information content (AvgIpc) is 2.24. The van der Waals surface area contributed by atoms with Gasteiger partial charge in [-0.05, 0) is 6.42 Å². The van der Waals surface area contributed by atoms with Crippen LogP contribution in [0.4, 0.5) is 18.0 Å². The summed E-state index contributed by atoms with van der Waals surface area (Å²) in [5.74, 6) is -0.256. The number of nitrogens with two attached hydrogens (primary N) is 1. The van der Waals surface area contributed by atoms with Crippen molar-refractivity contribution in [3.05, 3.63) is 0 Å². The molecule has 100 valence electrons. The minimum atomic E-state index is -4.48. The maximum Gasteiger partial charge on any atom is 0.405 e. The van der Waals surface area contributed by atoms with E-state index in [1.54, 1.807) is 12.2 Å². The summed E-state index contributed by atoms with van der Waals surface area (Å²) in [7, 11) is 0. The Bertz CT molecular complexity index is 280. The van der Waals surface area contributed by atoms with Crippen LogP contribution in [0.15, 0.2) is 5.16 Å². The maximum absolute atomic E-state index is 11.8. The number of nitrogens with zero attached hydrogens (tertiary/aromatic N) is 1. The van der Waals surface area contributed by atoms with Crippen LogP contribution in [0.5, 0.6) is 0 Å². The molecule has 0 fully saturated rings. The number of nitrogens with one attached hydrogen (secondary N) is 2. The molecule has 0 bridgehead atoms. The van der Waals surface area contributed by atoms with Gasteiger partial charge < -0.3 is 21.6 Å². The Balaban J connectivity index is 4.22. The topological polar surface area (TPSA) is 99.7 Å². The first-order valence-corrected chi connectivity index (χ1v) is 4.88. The van der Waals surface area contributed by atoms with Crippen molar-refractivity contribution in [1.82, 2.24) is 10.6 Å². The number of urea groups is 1. The lowest BCUT2D eigenvalue weighted by molar-refractivity contribution is -0.122. The van der Waals surface area contributed by atoms with Crippen molar-refractivity contribution < 1.29 is 23.2 Å². The van der Waals surface area contributed by atoms with Gasteiger partial charge in [-0.1, -0.05) is 18.5 Å². The van der Waals surface area contributed by atoms with E-state index in [1.165, 1.54) is 0 Å². The third-order valence-electron chi connectivity index (χ3n) is 1.80. The van der Waals surface area contributed by atoms with Crippen LogP contribution in [-0.2, 0) is 0 Å². The van der Waals surface area contributed by atoms with Gasteiger partial charge in [0.25, 0.3) is 0 Å². The van der Waals surface area contributed by atoms with Gasteiger partial charge in [-0.3, -0.25) is 0 Å². The summed E-state index contributed by atoms with van der Waals surface area (Å²) in [5, 5.41) is 14.9. The van der Waals surface area contributed by atoms with Gasteiger partial charge in [0, 0.05) is 0 Å². The molecule has 1 atom stereocenters. The van der Waals surface area contributed by atoms with E-state index in [2.05, 4.69) is 10.5 Å².